The topological polar surface area (TPSA) is 63.2 Å². The highest BCUT2D eigenvalue weighted by Crippen LogP contribution is 2.20. The summed E-state index contributed by atoms with van der Waals surface area (Å²) in [5.41, 5.74) is 2.07. The number of carbonyl (C=O) groups is 1. The molecule has 0 heterocycles. The van der Waals surface area contributed by atoms with Gasteiger partial charge in [-0.25, -0.2) is 8.42 Å². The lowest BCUT2D eigenvalue weighted by Crippen LogP contribution is -2.33. The Bertz CT molecular complexity index is 802. The van der Waals surface area contributed by atoms with Crippen LogP contribution in [0.15, 0.2) is 59.5 Å². The molecule has 25 heavy (non-hydrogen) atoms. The van der Waals surface area contributed by atoms with Crippen molar-refractivity contribution in [3.8, 4) is 0 Å². The molecule has 1 N–H and O–H groups in total. The maximum Gasteiger partial charge on any atom is 0.233 e. The summed E-state index contributed by atoms with van der Waals surface area (Å²) >= 11 is 1.59. The van der Waals surface area contributed by atoms with E-state index >= 15 is 0 Å². The van der Waals surface area contributed by atoms with E-state index in [0.717, 1.165) is 11.3 Å². The number of sulfone groups is 1. The van der Waals surface area contributed by atoms with E-state index < -0.39 is 9.84 Å². The zero-order chi connectivity index (χ0) is 18.4. The van der Waals surface area contributed by atoms with Gasteiger partial charge in [0.1, 0.15) is 0 Å². The molecule has 0 unspecified atom stereocenters. The molecule has 0 aliphatic carbocycles. The summed E-state index contributed by atoms with van der Waals surface area (Å²) in [6, 6.07) is 16.5. The number of nitrogens with one attached hydrogen (secondary N) is 1. The van der Waals surface area contributed by atoms with Crippen molar-refractivity contribution in [2.45, 2.75) is 35.8 Å². The van der Waals surface area contributed by atoms with Crippen LogP contribution in [-0.4, -0.2) is 25.8 Å². The molecule has 0 radical (unpaired) electrons. The molecule has 0 saturated carbocycles. The molecule has 0 fully saturated rings. The molecule has 0 aliphatic heterocycles. The van der Waals surface area contributed by atoms with Crippen LogP contribution < -0.4 is 5.32 Å². The van der Waals surface area contributed by atoms with Gasteiger partial charge in [-0.05, 0) is 37.1 Å². The van der Waals surface area contributed by atoms with Crippen molar-refractivity contribution in [1.29, 1.82) is 0 Å². The lowest BCUT2D eigenvalue weighted by atomic mass is 10.1. The minimum absolute atomic E-state index is 0.0272. The SMILES string of the molecule is C[C@H](SCc1ccccc1)C(=O)N[C@H](C)c1ccc(S(C)(=O)=O)cc1. The Hall–Kier alpha value is -1.79. The second kappa shape index (κ2) is 8.54. The minimum Gasteiger partial charge on any atom is -0.349 e. The Morgan fingerprint density at radius 2 is 1.64 bits per heavy atom. The van der Waals surface area contributed by atoms with E-state index in [1.165, 1.54) is 11.8 Å². The molecule has 0 spiro atoms. The molecule has 2 aromatic rings. The van der Waals surface area contributed by atoms with Gasteiger partial charge in [-0.15, -0.1) is 11.8 Å². The summed E-state index contributed by atoms with van der Waals surface area (Å²) in [7, 11) is -3.21. The van der Waals surface area contributed by atoms with Crippen LogP contribution in [0.5, 0.6) is 0 Å². The number of rotatable bonds is 7. The van der Waals surface area contributed by atoms with Gasteiger partial charge in [-0.1, -0.05) is 42.5 Å². The van der Waals surface area contributed by atoms with Crippen molar-refractivity contribution >= 4 is 27.5 Å². The molecule has 2 aromatic carbocycles. The third-order valence-electron chi connectivity index (χ3n) is 3.88. The van der Waals surface area contributed by atoms with Gasteiger partial charge in [0.25, 0.3) is 0 Å². The normalized spacial score (nSPS) is 13.9. The average Bonchev–Trinajstić information content (AvgIpc) is 2.59. The van der Waals surface area contributed by atoms with E-state index in [0.29, 0.717) is 0 Å². The van der Waals surface area contributed by atoms with Gasteiger partial charge in [-0.3, -0.25) is 4.79 Å². The largest absolute Gasteiger partial charge is 0.349 e. The van der Waals surface area contributed by atoms with Crippen molar-refractivity contribution in [1.82, 2.24) is 5.32 Å². The highest BCUT2D eigenvalue weighted by atomic mass is 32.2. The first-order chi connectivity index (χ1) is 11.8. The third-order valence-corrected chi connectivity index (χ3v) is 6.22. The third kappa shape index (κ3) is 5.90. The summed E-state index contributed by atoms with van der Waals surface area (Å²) in [6.45, 7) is 3.78. The number of hydrogen-bond acceptors (Lipinski definition) is 4. The first-order valence-corrected chi connectivity index (χ1v) is 11.0. The van der Waals surface area contributed by atoms with Gasteiger partial charge >= 0.3 is 0 Å². The molecule has 2 rings (SSSR count). The molecule has 0 aromatic heterocycles. The number of carbonyl (C=O) groups excluding carboxylic acids is 1. The summed E-state index contributed by atoms with van der Waals surface area (Å²) in [4.78, 5) is 12.6. The van der Waals surface area contributed by atoms with E-state index in [4.69, 9.17) is 0 Å². The number of benzene rings is 2. The zero-order valence-electron chi connectivity index (χ0n) is 14.6. The molecule has 1 amide bonds. The van der Waals surface area contributed by atoms with Gasteiger partial charge in [0.2, 0.25) is 5.91 Å². The van der Waals surface area contributed by atoms with Crippen LogP contribution in [0.1, 0.15) is 31.0 Å². The molecule has 0 saturated heterocycles. The second-order valence-electron chi connectivity index (χ2n) is 6.01. The van der Waals surface area contributed by atoms with Gasteiger partial charge in [0, 0.05) is 12.0 Å². The van der Waals surface area contributed by atoms with Crippen molar-refractivity contribution in [2.24, 2.45) is 0 Å². The van der Waals surface area contributed by atoms with Crippen molar-refractivity contribution in [2.75, 3.05) is 6.26 Å². The van der Waals surface area contributed by atoms with Crippen LogP contribution in [0.2, 0.25) is 0 Å². The van der Waals surface area contributed by atoms with Gasteiger partial charge < -0.3 is 5.32 Å². The quantitative estimate of drug-likeness (QED) is 0.801. The molecule has 0 aliphatic rings. The molecule has 4 nitrogen and oxygen atoms in total. The van der Waals surface area contributed by atoms with Crippen LogP contribution in [0, 0.1) is 0 Å². The van der Waals surface area contributed by atoms with Crippen LogP contribution in [0.25, 0.3) is 0 Å². The van der Waals surface area contributed by atoms with E-state index in [2.05, 4.69) is 5.32 Å². The Kier molecular flexibility index (Phi) is 6.67. The van der Waals surface area contributed by atoms with Gasteiger partial charge in [0.15, 0.2) is 9.84 Å². The van der Waals surface area contributed by atoms with E-state index in [1.807, 2.05) is 44.2 Å². The molecular weight excluding hydrogens is 354 g/mol. The smallest absolute Gasteiger partial charge is 0.233 e. The maximum atomic E-state index is 12.3. The summed E-state index contributed by atoms with van der Waals surface area (Å²) in [6.07, 6.45) is 1.18. The van der Waals surface area contributed by atoms with Crippen LogP contribution in [0.3, 0.4) is 0 Å². The Labute approximate surface area is 154 Å². The molecular formula is C19H23NO3S2. The lowest BCUT2D eigenvalue weighted by Gasteiger charge is -2.18. The molecule has 6 heteroatoms. The lowest BCUT2D eigenvalue weighted by molar-refractivity contribution is -0.120. The number of amides is 1. The van der Waals surface area contributed by atoms with E-state index in [9.17, 15) is 13.2 Å². The number of thioether (sulfide) groups is 1. The highest BCUT2D eigenvalue weighted by Gasteiger charge is 2.17. The van der Waals surface area contributed by atoms with Crippen molar-refractivity contribution in [3.05, 3.63) is 65.7 Å². The average molecular weight is 378 g/mol. The van der Waals surface area contributed by atoms with Crippen LogP contribution in [0.4, 0.5) is 0 Å². The summed E-state index contributed by atoms with van der Waals surface area (Å²) in [5.74, 6) is 0.757. The Balaban J connectivity index is 1.90. The zero-order valence-corrected chi connectivity index (χ0v) is 16.2. The summed E-state index contributed by atoms with van der Waals surface area (Å²) in [5, 5.41) is 2.81. The molecule has 2 atom stereocenters. The Morgan fingerprint density at radius 1 is 1.04 bits per heavy atom. The molecule has 134 valence electrons. The fourth-order valence-corrected chi connectivity index (χ4v) is 3.77. The first-order valence-electron chi connectivity index (χ1n) is 8.03. The predicted molar refractivity (Wildman–Crippen MR) is 103 cm³/mol. The monoisotopic (exact) mass is 377 g/mol. The van der Waals surface area contributed by atoms with Crippen LogP contribution in [-0.2, 0) is 20.4 Å². The number of hydrogen-bond donors (Lipinski definition) is 1. The minimum atomic E-state index is -3.21. The van der Waals surface area contributed by atoms with Gasteiger partial charge in [0.05, 0.1) is 16.2 Å². The van der Waals surface area contributed by atoms with Crippen LogP contribution >= 0.6 is 11.8 Å². The summed E-state index contributed by atoms with van der Waals surface area (Å²) < 4.78 is 23.0. The van der Waals surface area contributed by atoms with Crippen molar-refractivity contribution in [3.63, 3.8) is 0 Å². The van der Waals surface area contributed by atoms with E-state index in [-0.39, 0.29) is 22.1 Å². The second-order valence-corrected chi connectivity index (χ2v) is 9.36. The fraction of sp³-hybridized carbons (Fsp3) is 0.316. The predicted octanol–water partition coefficient (Wildman–Crippen LogP) is 3.59. The maximum absolute atomic E-state index is 12.3. The standard InChI is InChI=1S/C19H23NO3S2/c1-14(17-9-11-18(12-10-17)25(3,22)23)20-19(21)15(2)24-13-16-7-5-4-6-8-16/h4-12,14-15H,13H2,1-3H3,(H,20,21)/t14-,15+/m1/s1. The van der Waals surface area contributed by atoms with E-state index in [1.54, 1.807) is 36.0 Å². The fourth-order valence-electron chi connectivity index (χ4n) is 2.29. The van der Waals surface area contributed by atoms with Crippen molar-refractivity contribution < 1.29 is 13.2 Å². The highest BCUT2D eigenvalue weighted by molar-refractivity contribution is 7.99. The molecule has 0 bridgehead atoms. The Morgan fingerprint density at radius 3 is 2.20 bits per heavy atom. The first kappa shape index (κ1) is 19.5. The van der Waals surface area contributed by atoms with Gasteiger partial charge in [-0.2, -0.15) is 0 Å².